The molecule has 0 radical (unpaired) electrons. The molecule has 0 amide bonds. The summed E-state index contributed by atoms with van der Waals surface area (Å²) in [7, 11) is -1.69. The summed E-state index contributed by atoms with van der Waals surface area (Å²) in [5, 5.41) is 0.301. The molecule has 5 atom stereocenters. The first-order valence-corrected chi connectivity index (χ1v) is 13.4. The lowest BCUT2D eigenvalue weighted by Gasteiger charge is -2.49. The van der Waals surface area contributed by atoms with Crippen molar-refractivity contribution in [3.63, 3.8) is 0 Å². The third-order valence-corrected chi connectivity index (χ3v) is 12.2. The van der Waals surface area contributed by atoms with E-state index < -0.39 is 8.32 Å². The van der Waals surface area contributed by atoms with Gasteiger partial charge in [-0.2, -0.15) is 0 Å². The van der Waals surface area contributed by atoms with Gasteiger partial charge < -0.3 is 4.43 Å². The SMILES string of the molecule is CC(C=CCCl)[C@H]1CC[C@H]2[C@@H](O[Si](C)(C)C(C)(C)C)CCC[C@]12C. The molecule has 2 rings (SSSR count). The maximum atomic E-state index is 6.93. The number of halogens is 1. The molecule has 0 spiro atoms. The molecule has 1 unspecified atom stereocenters. The molecule has 0 N–H and O–H groups in total. The number of allylic oxidation sites excluding steroid dienone is 2. The fourth-order valence-electron chi connectivity index (χ4n) is 5.12. The zero-order chi connectivity index (χ0) is 18.2. The third-order valence-electron chi connectivity index (χ3n) is 7.55. The van der Waals surface area contributed by atoms with E-state index in [0.29, 0.717) is 28.4 Å². The van der Waals surface area contributed by atoms with Gasteiger partial charge in [0, 0.05) is 12.0 Å². The van der Waals surface area contributed by atoms with Crippen LogP contribution in [0, 0.1) is 23.2 Å². The third kappa shape index (κ3) is 3.96. The van der Waals surface area contributed by atoms with Gasteiger partial charge in [0.25, 0.3) is 0 Å². The number of hydrogen-bond donors (Lipinski definition) is 0. The summed E-state index contributed by atoms with van der Waals surface area (Å²) in [6.45, 7) is 16.8. The second-order valence-corrected chi connectivity index (χ2v) is 15.1. The molecule has 2 fully saturated rings. The van der Waals surface area contributed by atoms with Crippen LogP contribution in [-0.4, -0.2) is 20.3 Å². The molecule has 2 saturated carbocycles. The zero-order valence-corrected chi connectivity index (χ0v) is 18.7. The van der Waals surface area contributed by atoms with E-state index in [0.717, 1.165) is 11.8 Å². The first kappa shape index (κ1) is 20.5. The maximum absolute atomic E-state index is 6.93. The first-order valence-electron chi connectivity index (χ1n) is 9.93. The van der Waals surface area contributed by atoms with Crippen molar-refractivity contribution in [3.8, 4) is 0 Å². The Labute approximate surface area is 156 Å². The van der Waals surface area contributed by atoms with E-state index in [9.17, 15) is 0 Å². The molecule has 24 heavy (non-hydrogen) atoms. The quantitative estimate of drug-likeness (QED) is 0.287. The predicted octanol–water partition coefficient (Wildman–Crippen LogP) is 7.02. The lowest BCUT2D eigenvalue weighted by molar-refractivity contribution is -0.0162. The van der Waals surface area contributed by atoms with Crippen molar-refractivity contribution < 1.29 is 4.43 Å². The molecular weight excluding hydrogens is 332 g/mol. The van der Waals surface area contributed by atoms with E-state index >= 15 is 0 Å². The molecule has 3 heteroatoms. The van der Waals surface area contributed by atoms with Crippen LogP contribution in [-0.2, 0) is 4.43 Å². The maximum Gasteiger partial charge on any atom is 0.192 e. The Balaban J connectivity index is 2.16. The standard InChI is InChI=1S/C21H39ClOSi/c1-16(10-9-15-22)17-12-13-18-19(11-8-14-21(17,18)5)23-24(6,7)20(2,3)4/h9-10,16-19H,8,11-15H2,1-7H3/t16?,17-,18+,19+,21-/m1/s1. The van der Waals surface area contributed by atoms with Gasteiger partial charge in [-0.05, 0) is 67.0 Å². The Morgan fingerprint density at radius 3 is 2.50 bits per heavy atom. The average molecular weight is 371 g/mol. The van der Waals surface area contributed by atoms with Crippen molar-refractivity contribution in [1.29, 1.82) is 0 Å². The highest BCUT2D eigenvalue weighted by Crippen LogP contribution is 2.59. The van der Waals surface area contributed by atoms with Gasteiger partial charge in [-0.25, -0.2) is 0 Å². The highest BCUT2D eigenvalue weighted by Gasteiger charge is 2.54. The Bertz CT molecular complexity index is 453. The highest BCUT2D eigenvalue weighted by molar-refractivity contribution is 6.74. The van der Waals surface area contributed by atoms with E-state index in [1.807, 2.05) is 0 Å². The van der Waals surface area contributed by atoms with Crippen LogP contribution in [0.1, 0.15) is 66.7 Å². The molecule has 0 saturated heterocycles. The minimum atomic E-state index is -1.69. The molecule has 0 aliphatic heterocycles. The Hall–Kier alpha value is 0.207. The highest BCUT2D eigenvalue weighted by atomic mass is 35.5. The zero-order valence-electron chi connectivity index (χ0n) is 17.0. The van der Waals surface area contributed by atoms with Gasteiger partial charge in [0.1, 0.15) is 0 Å². The summed E-state index contributed by atoms with van der Waals surface area (Å²) < 4.78 is 6.93. The van der Waals surface area contributed by atoms with Gasteiger partial charge >= 0.3 is 0 Å². The van der Waals surface area contributed by atoms with Gasteiger partial charge in [0.2, 0.25) is 0 Å². The Morgan fingerprint density at radius 2 is 1.92 bits per heavy atom. The summed E-state index contributed by atoms with van der Waals surface area (Å²) in [6, 6.07) is 0. The van der Waals surface area contributed by atoms with Crippen molar-refractivity contribution in [3.05, 3.63) is 12.2 Å². The smallest absolute Gasteiger partial charge is 0.192 e. The van der Waals surface area contributed by atoms with Crippen molar-refractivity contribution in [2.75, 3.05) is 5.88 Å². The van der Waals surface area contributed by atoms with Gasteiger partial charge in [-0.3, -0.25) is 0 Å². The van der Waals surface area contributed by atoms with Crippen LogP contribution in [0.5, 0.6) is 0 Å². The van der Waals surface area contributed by atoms with E-state index in [-0.39, 0.29) is 0 Å². The van der Waals surface area contributed by atoms with E-state index in [1.54, 1.807) is 0 Å². The van der Waals surface area contributed by atoms with Crippen LogP contribution in [0.4, 0.5) is 0 Å². The fourth-order valence-corrected chi connectivity index (χ4v) is 6.62. The molecule has 0 aromatic carbocycles. The van der Waals surface area contributed by atoms with Crippen LogP contribution in [0.25, 0.3) is 0 Å². The van der Waals surface area contributed by atoms with Crippen LogP contribution in [0.3, 0.4) is 0 Å². The summed E-state index contributed by atoms with van der Waals surface area (Å²) in [6.07, 6.45) is 11.6. The van der Waals surface area contributed by atoms with Crippen LogP contribution in [0.15, 0.2) is 12.2 Å². The van der Waals surface area contributed by atoms with Crippen molar-refractivity contribution >= 4 is 19.9 Å². The largest absolute Gasteiger partial charge is 0.414 e. The second-order valence-electron chi connectivity index (χ2n) is 10.0. The number of rotatable bonds is 5. The topological polar surface area (TPSA) is 9.23 Å². The number of alkyl halides is 1. The molecule has 2 aliphatic rings. The van der Waals surface area contributed by atoms with Crippen molar-refractivity contribution in [2.45, 2.75) is 91.0 Å². The second kappa shape index (κ2) is 7.45. The molecule has 0 aromatic heterocycles. The molecule has 140 valence electrons. The normalized spacial score (nSPS) is 36.1. The lowest BCUT2D eigenvalue weighted by Crippen LogP contribution is -2.50. The predicted molar refractivity (Wildman–Crippen MR) is 109 cm³/mol. The number of fused-ring (bicyclic) bond motifs is 1. The lowest BCUT2D eigenvalue weighted by atomic mass is 9.62. The fraction of sp³-hybridized carbons (Fsp3) is 0.905. The van der Waals surface area contributed by atoms with Crippen molar-refractivity contribution in [2.24, 2.45) is 23.2 Å². The van der Waals surface area contributed by atoms with E-state index in [2.05, 4.69) is 59.9 Å². The summed E-state index contributed by atoms with van der Waals surface area (Å²) >= 11 is 5.86. The Morgan fingerprint density at radius 1 is 1.25 bits per heavy atom. The van der Waals surface area contributed by atoms with Crippen LogP contribution >= 0.6 is 11.6 Å². The molecule has 0 heterocycles. The van der Waals surface area contributed by atoms with Gasteiger partial charge in [0.05, 0.1) is 0 Å². The molecular formula is C21H39ClOSi. The van der Waals surface area contributed by atoms with E-state index in [1.165, 1.54) is 32.1 Å². The summed E-state index contributed by atoms with van der Waals surface area (Å²) in [4.78, 5) is 0. The molecule has 0 aromatic rings. The summed E-state index contributed by atoms with van der Waals surface area (Å²) in [5.41, 5.74) is 0.446. The average Bonchev–Trinajstić information content (AvgIpc) is 2.81. The number of hydrogen-bond acceptors (Lipinski definition) is 1. The van der Waals surface area contributed by atoms with Crippen molar-refractivity contribution in [1.82, 2.24) is 0 Å². The molecule has 0 bridgehead atoms. The van der Waals surface area contributed by atoms with Crippen LogP contribution in [0.2, 0.25) is 18.1 Å². The Kier molecular flexibility index (Phi) is 6.36. The van der Waals surface area contributed by atoms with Crippen LogP contribution < -0.4 is 0 Å². The van der Waals surface area contributed by atoms with Gasteiger partial charge in [-0.1, -0.05) is 53.2 Å². The minimum absolute atomic E-state index is 0.301. The monoisotopic (exact) mass is 370 g/mol. The van der Waals surface area contributed by atoms with E-state index in [4.69, 9.17) is 16.0 Å². The van der Waals surface area contributed by atoms with Gasteiger partial charge in [0.15, 0.2) is 8.32 Å². The molecule has 1 nitrogen and oxygen atoms in total. The van der Waals surface area contributed by atoms with Gasteiger partial charge in [-0.15, -0.1) is 11.6 Å². The molecule has 2 aliphatic carbocycles. The minimum Gasteiger partial charge on any atom is -0.414 e. The summed E-state index contributed by atoms with van der Waals surface area (Å²) in [5.74, 6) is 2.80. The first-order chi connectivity index (χ1) is 11.0.